The molecule has 2 heterocycles. The first-order valence-electron chi connectivity index (χ1n) is 10.9. The Labute approximate surface area is 208 Å². The van der Waals surface area contributed by atoms with E-state index in [1.165, 1.54) is 23.5 Å². The van der Waals surface area contributed by atoms with E-state index in [0.29, 0.717) is 21.7 Å². The SMILES string of the molecule is Cc1c(-c2cccc(NC(=O)C(=O)Nc3nc4ccccc4s3)c2)n(C)c2cc(O)c(C(=O)O)cc12. The number of hydrogen-bond donors (Lipinski definition) is 4. The average Bonchev–Trinajstić information content (AvgIpc) is 3.36. The van der Waals surface area contributed by atoms with Crippen molar-refractivity contribution in [3.05, 3.63) is 71.8 Å². The molecule has 0 aliphatic heterocycles. The van der Waals surface area contributed by atoms with Gasteiger partial charge in [-0.1, -0.05) is 35.6 Å². The lowest BCUT2D eigenvalue weighted by Crippen LogP contribution is -2.29. The Bertz CT molecular complexity index is 1670. The molecule has 5 rings (SSSR count). The van der Waals surface area contributed by atoms with E-state index < -0.39 is 17.8 Å². The number of rotatable bonds is 4. The van der Waals surface area contributed by atoms with Crippen molar-refractivity contribution in [2.45, 2.75) is 6.92 Å². The summed E-state index contributed by atoms with van der Waals surface area (Å²) in [6, 6.07) is 17.3. The zero-order valence-corrected chi connectivity index (χ0v) is 20.0. The largest absolute Gasteiger partial charge is 0.507 e. The van der Waals surface area contributed by atoms with Crippen LogP contribution in [0.4, 0.5) is 10.8 Å². The van der Waals surface area contributed by atoms with Crippen LogP contribution in [0.25, 0.3) is 32.4 Å². The first kappa shape index (κ1) is 23.1. The van der Waals surface area contributed by atoms with E-state index in [4.69, 9.17) is 0 Å². The van der Waals surface area contributed by atoms with Crippen molar-refractivity contribution in [2.75, 3.05) is 10.6 Å². The van der Waals surface area contributed by atoms with E-state index in [2.05, 4.69) is 15.6 Å². The monoisotopic (exact) mass is 500 g/mol. The average molecular weight is 501 g/mol. The molecule has 0 atom stereocenters. The molecule has 0 saturated heterocycles. The second kappa shape index (κ2) is 8.82. The quantitative estimate of drug-likeness (QED) is 0.263. The standard InChI is InChI=1S/C26H20N4O5S/c1-13-16-11-17(25(34)35)20(31)12-19(16)30(2)22(13)14-6-5-7-15(10-14)27-23(32)24(33)29-26-28-18-8-3-4-9-21(18)36-26/h3-12,31H,1-2H3,(H,27,32)(H,34,35)(H,28,29,33). The molecule has 0 saturated carbocycles. The van der Waals surface area contributed by atoms with Crippen LogP contribution in [-0.2, 0) is 16.6 Å². The molecule has 180 valence electrons. The number of carbonyl (C=O) groups is 3. The van der Waals surface area contributed by atoms with Gasteiger partial charge in [0.05, 0.1) is 21.4 Å². The summed E-state index contributed by atoms with van der Waals surface area (Å²) in [6.45, 7) is 1.86. The summed E-state index contributed by atoms with van der Waals surface area (Å²) in [7, 11) is 1.81. The Kier molecular flexibility index (Phi) is 5.65. The maximum Gasteiger partial charge on any atom is 0.339 e. The molecular formula is C26H20N4O5S. The van der Waals surface area contributed by atoms with Crippen molar-refractivity contribution >= 4 is 61.1 Å². The van der Waals surface area contributed by atoms with Crippen LogP contribution in [0.2, 0.25) is 0 Å². The molecule has 0 aliphatic rings. The summed E-state index contributed by atoms with van der Waals surface area (Å²) < 4.78 is 2.74. The molecule has 0 radical (unpaired) electrons. The third-order valence-electron chi connectivity index (χ3n) is 5.91. The molecule has 0 fully saturated rings. The molecule has 4 N–H and O–H groups in total. The molecule has 2 aromatic heterocycles. The topological polar surface area (TPSA) is 134 Å². The number of amides is 2. The molecule has 9 nitrogen and oxygen atoms in total. The third kappa shape index (κ3) is 4.03. The van der Waals surface area contributed by atoms with E-state index in [1.807, 2.05) is 41.8 Å². The van der Waals surface area contributed by atoms with Gasteiger partial charge in [0.1, 0.15) is 11.3 Å². The fourth-order valence-electron chi connectivity index (χ4n) is 4.25. The Balaban J connectivity index is 1.40. The van der Waals surface area contributed by atoms with Crippen molar-refractivity contribution in [2.24, 2.45) is 7.05 Å². The van der Waals surface area contributed by atoms with Crippen LogP contribution in [0.15, 0.2) is 60.7 Å². The number of aryl methyl sites for hydroxylation is 2. The molecule has 0 bridgehead atoms. The van der Waals surface area contributed by atoms with Crippen molar-refractivity contribution in [3.63, 3.8) is 0 Å². The van der Waals surface area contributed by atoms with E-state index in [9.17, 15) is 24.6 Å². The highest BCUT2D eigenvalue weighted by Crippen LogP contribution is 2.36. The number of aromatic carboxylic acids is 1. The number of nitrogens with zero attached hydrogens (tertiary/aromatic N) is 2. The van der Waals surface area contributed by atoms with Gasteiger partial charge in [-0.05, 0) is 42.8 Å². The van der Waals surface area contributed by atoms with Gasteiger partial charge in [0, 0.05) is 29.8 Å². The van der Waals surface area contributed by atoms with Crippen molar-refractivity contribution < 1.29 is 24.6 Å². The third-order valence-corrected chi connectivity index (χ3v) is 6.87. The zero-order chi connectivity index (χ0) is 25.6. The highest BCUT2D eigenvalue weighted by atomic mass is 32.1. The molecule has 3 aromatic carbocycles. The summed E-state index contributed by atoms with van der Waals surface area (Å²) in [5, 5.41) is 25.7. The molecule has 0 unspecified atom stereocenters. The second-order valence-corrected chi connectivity index (χ2v) is 9.23. The van der Waals surface area contributed by atoms with Gasteiger partial charge in [0.25, 0.3) is 0 Å². The number of carbonyl (C=O) groups excluding carboxylic acids is 2. The number of thiazole rings is 1. The molecule has 36 heavy (non-hydrogen) atoms. The Morgan fingerprint density at radius 3 is 2.47 bits per heavy atom. The van der Waals surface area contributed by atoms with Gasteiger partial charge in [0.2, 0.25) is 0 Å². The highest BCUT2D eigenvalue weighted by molar-refractivity contribution is 7.22. The highest BCUT2D eigenvalue weighted by Gasteiger charge is 2.20. The normalized spacial score (nSPS) is 11.1. The smallest absolute Gasteiger partial charge is 0.339 e. The first-order valence-corrected chi connectivity index (χ1v) is 11.7. The summed E-state index contributed by atoms with van der Waals surface area (Å²) in [5.41, 5.74) is 3.97. The summed E-state index contributed by atoms with van der Waals surface area (Å²) in [4.78, 5) is 40.8. The van der Waals surface area contributed by atoms with Crippen LogP contribution in [0.3, 0.4) is 0 Å². The van der Waals surface area contributed by atoms with Crippen LogP contribution in [0, 0.1) is 6.92 Å². The Hall–Kier alpha value is -4.70. The maximum atomic E-state index is 12.6. The number of benzene rings is 3. The number of aromatic hydroxyl groups is 1. The number of nitrogens with one attached hydrogen (secondary N) is 2. The lowest BCUT2D eigenvalue weighted by Gasteiger charge is -2.10. The number of fused-ring (bicyclic) bond motifs is 2. The fraction of sp³-hybridized carbons (Fsp3) is 0.0769. The molecule has 10 heteroatoms. The minimum Gasteiger partial charge on any atom is -0.507 e. The number of carboxylic acid groups (broad SMARTS) is 1. The van der Waals surface area contributed by atoms with Crippen molar-refractivity contribution in [3.8, 4) is 17.0 Å². The Morgan fingerprint density at radius 1 is 0.972 bits per heavy atom. The van der Waals surface area contributed by atoms with Crippen molar-refractivity contribution in [1.82, 2.24) is 9.55 Å². The van der Waals surface area contributed by atoms with E-state index in [0.717, 1.165) is 27.0 Å². The van der Waals surface area contributed by atoms with Crippen LogP contribution >= 0.6 is 11.3 Å². The lowest BCUT2D eigenvalue weighted by atomic mass is 10.0. The van der Waals surface area contributed by atoms with Gasteiger partial charge in [-0.25, -0.2) is 9.78 Å². The maximum absolute atomic E-state index is 12.6. The predicted molar refractivity (Wildman–Crippen MR) is 139 cm³/mol. The molecule has 0 aliphatic carbocycles. The summed E-state index contributed by atoms with van der Waals surface area (Å²) in [6.07, 6.45) is 0. The molecule has 5 aromatic rings. The lowest BCUT2D eigenvalue weighted by molar-refractivity contribution is -0.132. The number of anilines is 2. The fourth-order valence-corrected chi connectivity index (χ4v) is 5.11. The van der Waals surface area contributed by atoms with Gasteiger partial charge in [0.15, 0.2) is 5.13 Å². The van der Waals surface area contributed by atoms with Gasteiger partial charge in [-0.3, -0.25) is 14.9 Å². The van der Waals surface area contributed by atoms with Crippen LogP contribution in [0.5, 0.6) is 5.75 Å². The number of hydrogen-bond acceptors (Lipinski definition) is 6. The van der Waals surface area contributed by atoms with Crippen LogP contribution in [0.1, 0.15) is 15.9 Å². The number of phenols is 1. The van der Waals surface area contributed by atoms with Crippen molar-refractivity contribution in [1.29, 1.82) is 0 Å². The first-order chi connectivity index (χ1) is 17.2. The Morgan fingerprint density at radius 2 is 1.72 bits per heavy atom. The number of para-hydroxylation sites is 1. The molecule has 0 spiro atoms. The molecule has 2 amide bonds. The van der Waals surface area contributed by atoms with Crippen LogP contribution < -0.4 is 10.6 Å². The predicted octanol–water partition coefficient (Wildman–Crippen LogP) is 4.74. The van der Waals surface area contributed by atoms with Gasteiger partial charge < -0.3 is 20.1 Å². The minimum absolute atomic E-state index is 0.178. The molecular weight excluding hydrogens is 480 g/mol. The van der Waals surface area contributed by atoms with Gasteiger partial charge in [-0.2, -0.15) is 0 Å². The minimum atomic E-state index is -1.21. The second-order valence-electron chi connectivity index (χ2n) is 8.20. The number of carboxylic acids is 1. The van der Waals surface area contributed by atoms with E-state index >= 15 is 0 Å². The van der Waals surface area contributed by atoms with E-state index in [-0.39, 0.29) is 11.3 Å². The van der Waals surface area contributed by atoms with Gasteiger partial charge >= 0.3 is 17.8 Å². The summed E-state index contributed by atoms with van der Waals surface area (Å²) in [5.74, 6) is -3.21. The van der Waals surface area contributed by atoms with E-state index in [1.54, 1.807) is 25.2 Å². The summed E-state index contributed by atoms with van der Waals surface area (Å²) >= 11 is 1.28. The number of aromatic nitrogens is 2. The van der Waals surface area contributed by atoms with Gasteiger partial charge in [-0.15, -0.1) is 0 Å². The zero-order valence-electron chi connectivity index (χ0n) is 19.2. The van der Waals surface area contributed by atoms with Crippen LogP contribution in [-0.4, -0.2) is 37.5 Å².